The fourth-order valence-corrected chi connectivity index (χ4v) is 4.26. The normalized spacial score (nSPS) is 17.9. The van der Waals surface area contributed by atoms with Crippen LogP contribution in [0.3, 0.4) is 0 Å². The summed E-state index contributed by atoms with van der Waals surface area (Å²) in [4.78, 5) is 6.06. The summed E-state index contributed by atoms with van der Waals surface area (Å²) < 4.78 is 5.58. The first-order valence-electron chi connectivity index (χ1n) is 9.90. The van der Waals surface area contributed by atoms with Crippen molar-refractivity contribution in [1.29, 1.82) is 0 Å². The van der Waals surface area contributed by atoms with E-state index in [1.807, 2.05) is 0 Å². The van der Waals surface area contributed by atoms with Gasteiger partial charge in [0.1, 0.15) is 0 Å². The molecular weight excluding hydrogens is 334 g/mol. The Labute approximate surface area is 161 Å². The maximum atomic E-state index is 5.58. The van der Waals surface area contributed by atoms with Crippen LogP contribution in [0.25, 0.3) is 10.9 Å². The van der Waals surface area contributed by atoms with Gasteiger partial charge in [-0.25, -0.2) is 0 Å². The highest BCUT2D eigenvalue weighted by molar-refractivity contribution is 5.84. The molecule has 4 rings (SSSR count). The summed E-state index contributed by atoms with van der Waals surface area (Å²) in [5.74, 6) is 0. The molecule has 0 radical (unpaired) electrons. The van der Waals surface area contributed by atoms with E-state index in [1.165, 1.54) is 27.7 Å². The Kier molecular flexibility index (Phi) is 5.58. The number of aromatic amines is 1. The molecule has 0 bridgehead atoms. The Hall–Kier alpha value is -2.14. The third kappa shape index (κ3) is 3.93. The number of para-hydroxylation sites is 1. The van der Waals surface area contributed by atoms with Gasteiger partial charge in [0.15, 0.2) is 0 Å². The number of nitrogens with zero attached hydrogens (tertiary/aromatic N) is 1. The van der Waals surface area contributed by atoms with Crippen LogP contribution >= 0.6 is 0 Å². The van der Waals surface area contributed by atoms with E-state index in [4.69, 9.17) is 4.74 Å². The molecule has 1 fully saturated rings. The van der Waals surface area contributed by atoms with Gasteiger partial charge in [-0.15, -0.1) is 0 Å². The van der Waals surface area contributed by atoms with Crippen LogP contribution in [-0.2, 0) is 11.3 Å². The minimum absolute atomic E-state index is 0.332. The third-order valence-electron chi connectivity index (χ3n) is 5.68. The van der Waals surface area contributed by atoms with Gasteiger partial charge in [-0.3, -0.25) is 4.90 Å². The topological polar surface area (TPSA) is 40.3 Å². The molecule has 2 heterocycles. The van der Waals surface area contributed by atoms with Crippen LogP contribution in [0.5, 0.6) is 0 Å². The second-order valence-electron chi connectivity index (χ2n) is 7.45. The lowest BCUT2D eigenvalue weighted by Gasteiger charge is -2.38. The SMILES string of the molecule is Cc1[nH]c2ccccc2c1CN[C@@H](C)[C@@H](c1ccccc1)N1CCOCC1. The van der Waals surface area contributed by atoms with E-state index in [2.05, 4.69) is 83.6 Å². The maximum Gasteiger partial charge on any atom is 0.0594 e. The van der Waals surface area contributed by atoms with Crippen molar-refractivity contribution >= 4 is 10.9 Å². The molecule has 4 heteroatoms. The smallest absolute Gasteiger partial charge is 0.0594 e. The summed E-state index contributed by atoms with van der Waals surface area (Å²) in [5.41, 5.74) is 5.20. The minimum Gasteiger partial charge on any atom is -0.379 e. The molecule has 0 amide bonds. The van der Waals surface area contributed by atoms with E-state index in [-0.39, 0.29) is 0 Å². The van der Waals surface area contributed by atoms with Crippen molar-refractivity contribution in [2.75, 3.05) is 26.3 Å². The van der Waals surface area contributed by atoms with Crippen molar-refractivity contribution in [3.05, 3.63) is 71.4 Å². The van der Waals surface area contributed by atoms with Crippen LogP contribution in [0, 0.1) is 6.92 Å². The first-order valence-corrected chi connectivity index (χ1v) is 9.90. The lowest BCUT2D eigenvalue weighted by Crippen LogP contribution is -2.46. The van der Waals surface area contributed by atoms with Crippen LogP contribution in [0.2, 0.25) is 0 Å². The van der Waals surface area contributed by atoms with Crippen LogP contribution in [0.15, 0.2) is 54.6 Å². The van der Waals surface area contributed by atoms with Gasteiger partial charge in [0.25, 0.3) is 0 Å². The fraction of sp³-hybridized carbons (Fsp3) is 0.391. The molecule has 0 aliphatic carbocycles. The van der Waals surface area contributed by atoms with Crippen molar-refractivity contribution < 1.29 is 4.74 Å². The van der Waals surface area contributed by atoms with Crippen LogP contribution in [-0.4, -0.2) is 42.2 Å². The summed E-state index contributed by atoms with van der Waals surface area (Å²) in [5, 5.41) is 5.13. The first kappa shape index (κ1) is 18.2. The average Bonchev–Trinajstić information content (AvgIpc) is 3.03. The second kappa shape index (κ2) is 8.26. The zero-order valence-electron chi connectivity index (χ0n) is 16.2. The van der Waals surface area contributed by atoms with Gasteiger partial charge in [-0.2, -0.15) is 0 Å². The summed E-state index contributed by atoms with van der Waals surface area (Å²) in [6.07, 6.45) is 0. The highest BCUT2D eigenvalue weighted by Crippen LogP contribution is 2.27. The second-order valence-corrected chi connectivity index (χ2v) is 7.45. The largest absolute Gasteiger partial charge is 0.379 e. The number of benzene rings is 2. The van der Waals surface area contributed by atoms with Crippen molar-refractivity contribution in [3.63, 3.8) is 0 Å². The minimum atomic E-state index is 0.332. The molecule has 2 atom stereocenters. The first-order chi connectivity index (χ1) is 13.2. The Morgan fingerprint density at radius 3 is 2.52 bits per heavy atom. The number of hydrogen-bond acceptors (Lipinski definition) is 3. The summed E-state index contributed by atoms with van der Waals surface area (Å²) >= 11 is 0. The van der Waals surface area contributed by atoms with Gasteiger partial charge in [0, 0.05) is 42.3 Å². The zero-order valence-corrected chi connectivity index (χ0v) is 16.2. The molecule has 0 spiro atoms. The quantitative estimate of drug-likeness (QED) is 0.695. The van der Waals surface area contributed by atoms with Crippen molar-refractivity contribution in [2.24, 2.45) is 0 Å². The molecule has 3 aromatic rings. The Balaban J connectivity index is 1.54. The van der Waals surface area contributed by atoms with Gasteiger partial charge in [-0.1, -0.05) is 48.5 Å². The number of H-pyrrole nitrogens is 1. The third-order valence-corrected chi connectivity index (χ3v) is 5.68. The average molecular weight is 364 g/mol. The molecule has 142 valence electrons. The molecule has 1 aliphatic heterocycles. The van der Waals surface area contributed by atoms with Crippen molar-refractivity contribution in [3.8, 4) is 0 Å². The van der Waals surface area contributed by atoms with Gasteiger partial charge in [0.05, 0.1) is 19.3 Å². The zero-order chi connectivity index (χ0) is 18.6. The molecule has 4 nitrogen and oxygen atoms in total. The summed E-state index contributed by atoms with van der Waals surface area (Å²) in [6, 6.07) is 20.1. The number of rotatable bonds is 6. The Morgan fingerprint density at radius 2 is 1.74 bits per heavy atom. The van der Waals surface area contributed by atoms with E-state index in [9.17, 15) is 0 Å². The monoisotopic (exact) mass is 363 g/mol. The molecule has 0 unspecified atom stereocenters. The number of morpholine rings is 1. The van der Waals surface area contributed by atoms with Gasteiger partial charge < -0.3 is 15.0 Å². The number of hydrogen-bond donors (Lipinski definition) is 2. The summed E-state index contributed by atoms with van der Waals surface area (Å²) in [6.45, 7) is 8.94. The van der Waals surface area contributed by atoms with E-state index >= 15 is 0 Å². The van der Waals surface area contributed by atoms with E-state index in [0.717, 1.165) is 32.8 Å². The lowest BCUT2D eigenvalue weighted by molar-refractivity contribution is 0.00855. The highest BCUT2D eigenvalue weighted by Gasteiger charge is 2.27. The number of nitrogens with one attached hydrogen (secondary N) is 2. The molecule has 0 saturated carbocycles. The van der Waals surface area contributed by atoms with Crippen molar-refractivity contribution in [1.82, 2.24) is 15.2 Å². The Bertz CT molecular complexity index is 868. The molecular formula is C23H29N3O. The van der Waals surface area contributed by atoms with E-state index < -0.39 is 0 Å². The number of aryl methyl sites for hydroxylation is 1. The predicted octanol–water partition coefficient (Wildman–Crippen LogP) is 4.03. The Morgan fingerprint density at radius 1 is 1.04 bits per heavy atom. The summed E-state index contributed by atoms with van der Waals surface area (Å²) in [7, 11) is 0. The molecule has 27 heavy (non-hydrogen) atoms. The maximum absolute atomic E-state index is 5.58. The van der Waals surface area contributed by atoms with E-state index in [0.29, 0.717) is 12.1 Å². The molecule has 2 aromatic carbocycles. The number of aromatic nitrogens is 1. The number of ether oxygens (including phenoxy) is 1. The van der Waals surface area contributed by atoms with Gasteiger partial charge in [0.2, 0.25) is 0 Å². The van der Waals surface area contributed by atoms with Crippen LogP contribution in [0.1, 0.15) is 29.8 Å². The molecule has 1 aliphatic rings. The lowest BCUT2D eigenvalue weighted by atomic mass is 9.97. The van der Waals surface area contributed by atoms with E-state index in [1.54, 1.807) is 0 Å². The van der Waals surface area contributed by atoms with Gasteiger partial charge >= 0.3 is 0 Å². The predicted molar refractivity (Wildman–Crippen MR) is 111 cm³/mol. The number of fused-ring (bicyclic) bond motifs is 1. The molecule has 1 aromatic heterocycles. The molecule has 1 saturated heterocycles. The van der Waals surface area contributed by atoms with Crippen LogP contribution < -0.4 is 5.32 Å². The van der Waals surface area contributed by atoms with Gasteiger partial charge in [-0.05, 0) is 31.0 Å². The molecule has 2 N–H and O–H groups in total. The fourth-order valence-electron chi connectivity index (χ4n) is 4.26. The standard InChI is InChI=1S/C23H29N3O/c1-17-21(20-10-6-7-11-22(20)25-17)16-24-18(2)23(19-8-4-3-5-9-19)26-12-14-27-15-13-26/h3-11,18,23-25H,12-16H2,1-2H3/t18-,23-/m0/s1. The van der Waals surface area contributed by atoms with Crippen molar-refractivity contribution in [2.45, 2.75) is 32.5 Å². The highest BCUT2D eigenvalue weighted by atomic mass is 16.5. The van der Waals surface area contributed by atoms with Crippen LogP contribution in [0.4, 0.5) is 0 Å².